The standard InChI is InChI=1S/C12H13N3O2S/c1-8-3-4-13-5-9(8)6-14-12-15-10(7-18-12)11(16)17-2/h3-5,7H,6H2,1-2H3,(H,14,15). The van der Waals surface area contributed by atoms with Crippen LogP contribution in [0.5, 0.6) is 0 Å². The number of nitrogens with one attached hydrogen (secondary N) is 1. The molecule has 2 heterocycles. The topological polar surface area (TPSA) is 64.1 Å². The minimum Gasteiger partial charge on any atom is -0.464 e. The van der Waals surface area contributed by atoms with E-state index >= 15 is 0 Å². The van der Waals surface area contributed by atoms with E-state index in [4.69, 9.17) is 0 Å². The Morgan fingerprint density at radius 3 is 3.11 bits per heavy atom. The summed E-state index contributed by atoms with van der Waals surface area (Å²) in [5.41, 5.74) is 2.60. The van der Waals surface area contributed by atoms with Gasteiger partial charge in [0.2, 0.25) is 0 Å². The normalized spacial score (nSPS) is 10.1. The molecule has 94 valence electrons. The Morgan fingerprint density at radius 1 is 1.56 bits per heavy atom. The number of carbonyl (C=O) groups excluding carboxylic acids is 1. The summed E-state index contributed by atoms with van der Waals surface area (Å²) in [4.78, 5) is 19.5. The molecule has 0 fully saturated rings. The summed E-state index contributed by atoms with van der Waals surface area (Å²) < 4.78 is 4.60. The van der Waals surface area contributed by atoms with E-state index in [9.17, 15) is 4.79 Å². The zero-order chi connectivity index (χ0) is 13.0. The van der Waals surface area contributed by atoms with Crippen LogP contribution in [0.1, 0.15) is 21.6 Å². The van der Waals surface area contributed by atoms with Gasteiger partial charge in [-0.1, -0.05) is 0 Å². The minimum absolute atomic E-state index is 0.327. The summed E-state index contributed by atoms with van der Waals surface area (Å²) in [5, 5.41) is 5.52. The van der Waals surface area contributed by atoms with E-state index in [0.29, 0.717) is 17.4 Å². The molecule has 1 N–H and O–H groups in total. The smallest absolute Gasteiger partial charge is 0.357 e. The maximum Gasteiger partial charge on any atom is 0.357 e. The molecule has 0 aliphatic rings. The molecule has 2 aromatic rings. The lowest BCUT2D eigenvalue weighted by atomic mass is 10.2. The lowest BCUT2D eigenvalue weighted by Crippen LogP contribution is -2.04. The van der Waals surface area contributed by atoms with Crippen molar-refractivity contribution in [1.82, 2.24) is 9.97 Å². The van der Waals surface area contributed by atoms with Crippen LogP contribution in [0.25, 0.3) is 0 Å². The highest BCUT2D eigenvalue weighted by molar-refractivity contribution is 7.13. The van der Waals surface area contributed by atoms with E-state index in [0.717, 1.165) is 5.56 Å². The van der Waals surface area contributed by atoms with E-state index in [-0.39, 0.29) is 0 Å². The van der Waals surface area contributed by atoms with Gasteiger partial charge in [0.05, 0.1) is 7.11 Å². The second kappa shape index (κ2) is 5.59. The molecule has 5 nitrogen and oxygen atoms in total. The maximum atomic E-state index is 11.2. The van der Waals surface area contributed by atoms with Gasteiger partial charge in [-0.15, -0.1) is 11.3 Å². The molecule has 6 heteroatoms. The Kier molecular flexibility index (Phi) is 3.88. The molecule has 0 saturated heterocycles. The van der Waals surface area contributed by atoms with Crippen molar-refractivity contribution in [2.75, 3.05) is 12.4 Å². The first-order valence-corrected chi connectivity index (χ1v) is 6.26. The van der Waals surface area contributed by atoms with Crippen LogP contribution in [0.4, 0.5) is 5.13 Å². The molecule has 0 aromatic carbocycles. The van der Waals surface area contributed by atoms with Gasteiger partial charge in [0.1, 0.15) is 0 Å². The summed E-state index contributed by atoms with van der Waals surface area (Å²) in [6.07, 6.45) is 3.58. The second-order valence-electron chi connectivity index (χ2n) is 3.69. The number of esters is 1. The highest BCUT2D eigenvalue weighted by Gasteiger charge is 2.10. The molecule has 2 aromatic heterocycles. The molecule has 0 unspecified atom stereocenters. The first-order chi connectivity index (χ1) is 8.70. The highest BCUT2D eigenvalue weighted by atomic mass is 32.1. The third-order valence-electron chi connectivity index (χ3n) is 2.48. The number of thiazole rings is 1. The maximum absolute atomic E-state index is 11.2. The first kappa shape index (κ1) is 12.5. The summed E-state index contributed by atoms with van der Waals surface area (Å²) in [5.74, 6) is -0.420. The molecule has 0 amide bonds. The van der Waals surface area contributed by atoms with Crippen LogP contribution < -0.4 is 5.32 Å². The Labute approximate surface area is 109 Å². The van der Waals surface area contributed by atoms with Gasteiger partial charge in [-0.25, -0.2) is 9.78 Å². The summed E-state index contributed by atoms with van der Waals surface area (Å²) >= 11 is 1.37. The van der Waals surface area contributed by atoms with Crippen LogP contribution in [-0.2, 0) is 11.3 Å². The number of ether oxygens (including phenoxy) is 1. The molecule has 0 aliphatic heterocycles. The Hall–Kier alpha value is -1.95. The average Bonchev–Trinajstić information content (AvgIpc) is 2.86. The number of pyridine rings is 1. The van der Waals surface area contributed by atoms with Crippen LogP contribution in [-0.4, -0.2) is 23.0 Å². The van der Waals surface area contributed by atoms with E-state index < -0.39 is 5.97 Å². The van der Waals surface area contributed by atoms with Crippen molar-refractivity contribution >= 4 is 22.4 Å². The van der Waals surface area contributed by atoms with Crippen LogP contribution >= 0.6 is 11.3 Å². The molecule has 0 bridgehead atoms. The van der Waals surface area contributed by atoms with Gasteiger partial charge in [0.25, 0.3) is 0 Å². The monoisotopic (exact) mass is 263 g/mol. The zero-order valence-corrected chi connectivity index (χ0v) is 11.0. The number of rotatable bonds is 4. The number of aryl methyl sites for hydroxylation is 1. The number of nitrogens with zero attached hydrogens (tertiary/aromatic N) is 2. The Balaban J connectivity index is 2.01. The van der Waals surface area contributed by atoms with E-state index in [1.807, 2.05) is 19.2 Å². The molecule has 0 atom stereocenters. The van der Waals surface area contributed by atoms with E-state index in [1.54, 1.807) is 11.6 Å². The lowest BCUT2D eigenvalue weighted by molar-refractivity contribution is 0.0595. The van der Waals surface area contributed by atoms with Gasteiger partial charge < -0.3 is 10.1 Å². The quantitative estimate of drug-likeness (QED) is 0.857. The molecular formula is C12H13N3O2S. The molecule has 0 spiro atoms. The first-order valence-electron chi connectivity index (χ1n) is 5.38. The molecular weight excluding hydrogens is 250 g/mol. The Morgan fingerprint density at radius 2 is 2.39 bits per heavy atom. The van der Waals surface area contributed by atoms with E-state index in [1.165, 1.54) is 24.0 Å². The number of methoxy groups -OCH3 is 1. The fraction of sp³-hybridized carbons (Fsp3) is 0.250. The fourth-order valence-electron chi connectivity index (χ4n) is 1.41. The number of carbonyl (C=O) groups is 1. The van der Waals surface area contributed by atoms with Crippen molar-refractivity contribution in [3.63, 3.8) is 0 Å². The van der Waals surface area contributed by atoms with Crippen LogP contribution in [0.2, 0.25) is 0 Å². The number of hydrogen-bond donors (Lipinski definition) is 1. The third-order valence-corrected chi connectivity index (χ3v) is 3.28. The number of aromatic nitrogens is 2. The van der Waals surface area contributed by atoms with Gasteiger partial charge in [0, 0.05) is 24.3 Å². The summed E-state index contributed by atoms with van der Waals surface area (Å²) in [6.45, 7) is 2.66. The van der Waals surface area contributed by atoms with Crippen molar-refractivity contribution in [3.05, 3.63) is 40.7 Å². The predicted molar refractivity (Wildman–Crippen MR) is 69.8 cm³/mol. The molecule has 0 aliphatic carbocycles. The van der Waals surface area contributed by atoms with Crippen molar-refractivity contribution in [1.29, 1.82) is 0 Å². The SMILES string of the molecule is COC(=O)c1csc(NCc2cnccc2C)n1. The molecule has 18 heavy (non-hydrogen) atoms. The summed E-state index contributed by atoms with van der Waals surface area (Å²) in [6, 6.07) is 1.96. The zero-order valence-electron chi connectivity index (χ0n) is 10.1. The van der Waals surface area contributed by atoms with Crippen molar-refractivity contribution in [2.45, 2.75) is 13.5 Å². The Bertz CT molecular complexity index is 554. The lowest BCUT2D eigenvalue weighted by Gasteiger charge is -2.05. The molecule has 2 rings (SSSR count). The van der Waals surface area contributed by atoms with Gasteiger partial charge >= 0.3 is 5.97 Å². The van der Waals surface area contributed by atoms with Gasteiger partial charge in [-0.2, -0.15) is 0 Å². The van der Waals surface area contributed by atoms with Gasteiger partial charge in [-0.05, 0) is 24.1 Å². The fourth-order valence-corrected chi connectivity index (χ4v) is 2.08. The van der Waals surface area contributed by atoms with Gasteiger partial charge in [-0.3, -0.25) is 4.98 Å². The van der Waals surface area contributed by atoms with Crippen LogP contribution in [0, 0.1) is 6.92 Å². The summed E-state index contributed by atoms with van der Waals surface area (Å²) in [7, 11) is 1.34. The van der Waals surface area contributed by atoms with Gasteiger partial charge in [0.15, 0.2) is 10.8 Å². The van der Waals surface area contributed by atoms with Crippen LogP contribution in [0.3, 0.4) is 0 Å². The number of hydrogen-bond acceptors (Lipinski definition) is 6. The van der Waals surface area contributed by atoms with Crippen molar-refractivity contribution in [2.24, 2.45) is 0 Å². The second-order valence-corrected chi connectivity index (χ2v) is 4.54. The minimum atomic E-state index is -0.420. The molecule has 0 radical (unpaired) electrons. The third kappa shape index (κ3) is 2.84. The average molecular weight is 263 g/mol. The highest BCUT2D eigenvalue weighted by Crippen LogP contribution is 2.17. The van der Waals surface area contributed by atoms with E-state index in [2.05, 4.69) is 20.0 Å². The van der Waals surface area contributed by atoms with Crippen LogP contribution in [0.15, 0.2) is 23.8 Å². The predicted octanol–water partition coefficient (Wildman–Crippen LogP) is 2.25. The van der Waals surface area contributed by atoms with Crippen molar-refractivity contribution < 1.29 is 9.53 Å². The van der Waals surface area contributed by atoms with Crippen molar-refractivity contribution in [3.8, 4) is 0 Å². The molecule has 0 saturated carbocycles. The largest absolute Gasteiger partial charge is 0.464 e. The number of anilines is 1.